The molecule has 11 nitrogen and oxygen atoms in total. The van der Waals surface area contributed by atoms with Gasteiger partial charge in [-0.15, -0.1) is 0 Å². The third-order valence-electron chi connectivity index (χ3n) is 6.22. The molecule has 2 fully saturated rings. The molecule has 1 amide bonds. The zero-order valence-corrected chi connectivity index (χ0v) is 20.3. The predicted molar refractivity (Wildman–Crippen MR) is 131 cm³/mol. The van der Waals surface area contributed by atoms with Crippen LogP contribution in [-0.2, 0) is 14.8 Å². The Kier molecular flexibility index (Phi) is 7.53. The van der Waals surface area contributed by atoms with Crippen LogP contribution in [0.15, 0.2) is 41.3 Å². The molecule has 2 aliphatic heterocycles. The van der Waals surface area contributed by atoms with Crippen LogP contribution in [-0.4, -0.2) is 65.2 Å². The van der Waals surface area contributed by atoms with Crippen LogP contribution in [0.2, 0.25) is 0 Å². The van der Waals surface area contributed by atoms with Gasteiger partial charge in [0.05, 0.1) is 27.7 Å². The number of nitro benzene ring substituents is 1. The van der Waals surface area contributed by atoms with E-state index in [1.807, 2.05) is 17.9 Å². The highest BCUT2D eigenvalue weighted by Crippen LogP contribution is 2.29. The van der Waals surface area contributed by atoms with Crippen molar-refractivity contribution in [3.05, 3.63) is 57.6 Å². The van der Waals surface area contributed by atoms with E-state index in [4.69, 9.17) is 4.74 Å². The van der Waals surface area contributed by atoms with Gasteiger partial charge < -0.3 is 20.3 Å². The molecule has 0 saturated carbocycles. The molecule has 2 heterocycles. The normalized spacial score (nSPS) is 18.3. The Bertz CT molecular complexity index is 1210. The van der Waals surface area contributed by atoms with Crippen molar-refractivity contribution in [1.29, 1.82) is 0 Å². The number of sulfonamides is 1. The highest BCUT2D eigenvalue weighted by molar-refractivity contribution is 7.90. The van der Waals surface area contributed by atoms with Gasteiger partial charge in [0.2, 0.25) is 0 Å². The molecule has 2 aromatic rings. The first-order valence-electron chi connectivity index (χ1n) is 11.5. The van der Waals surface area contributed by atoms with Crippen LogP contribution in [0.4, 0.5) is 17.1 Å². The number of hydrogen-bond donors (Lipinski definition) is 3. The van der Waals surface area contributed by atoms with Crippen molar-refractivity contribution in [1.82, 2.24) is 10.0 Å². The first kappa shape index (κ1) is 24.9. The molecule has 0 radical (unpaired) electrons. The molecule has 1 unspecified atom stereocenters. The van der Waals surface area contributed by atoms with Gasteiger partial charge in [-0.3, -0.25) is 14.9 Å². The zero-order valence-electron chi connectivity index (χ0n) is 19.5. The molecule has 35 heavy (non-hydrogen) atoms. The number of ether oxygens (including phenoxy) is 1. The summed E-state index contributed by atoms with van der Waals surface area (Å²) in [7, 11) is -4.35. The minimum Gasteiger partial charge on any atom is -0.381 e. The molecule has 2 aromatic carbocycles. The summed E-state index contributed by atoms with van der Waals surface area (Å²) in [4.78, 5) is 25.8. The molecule has 1 atom stereocenters. The number of rotatable bonds is 8. The van der Waals surface area contributed by atoms with Crippen molar-refractivity contribution in [2.75, 3.05) is 56.2 Å². The largest absolute Gasteiger partial charge is 0.381 e. The van der Waals surface area contributed by atoms with E-state index in [1.165, 1.54) is 12.1 Å². The number of benzene rings is 2. The van der Waals surface area contributed by atoms with Gasteiger partial charge in [0.1, 0.15) is 5.69 Å². The summed E-state index contributed by atoms with van der Waals surface area (Å²) >= 11 is 0. The Hall–Kier alpha value is -3.22. The summed E-state index contributed by atoms with van der Waals surface area (Å²) < 4.78 is 33.5. The molecule has 2 saturated heterocycles. The summed E-state index contributed by atoms with van der Waals surface area (Å²) in [5, 5.41) is 17.9. The summed E-state index contributed by atoms with van der Waals surface area (Å²) in [5.41, 5.74) is 1.61. The predicted octanol–water partition coefficient (Wildman–Crippen LogP) is 1.88. The second-order valence-electron chi connectivity index (χ2n) is 8.69. The fourth-order valence-electron chi connectivity index (χ4n) is 4.36. The number of amides is 1. The average molecular weight is 504 g/mol. The number of anilines is 2. The van der Waals surface area contributed by atoms with E-state index in [1.54, 1.807) is 12.1 Å². The van der Waals surface area contributed by atoms with E-state index in [9.17, 15) is 23.3 Å². The average Bonchev–Trinajstić information content (AvgIpc) is 3.36. The molecule has 12 heteroatoms. The monoisotopic (exact) mass is 503 g/mol. The smallest absolute Gasteiger partial charge is 0.293 e. The Morgan fingerprint density at radius 3 is 2.71 bits per heavy atom. The molecular formula is C23H29N5O6S. The molecular weight excluding hydrogens is 474 g/mol. The molecule has 4 rings (SSSR count). The first-order valence-corrected chi connectivity index (χ1v) is 13.0. The van der Waals surface area contributed by atoms with Crippen LogP contribution < -0.4 is 20.3 Å². The van der Waals surface area contributed by atoms with Crippen molar-refractivity contribution in [2.24, 2.45) is 5.92 Å². The minimum absolute atomic E-state index is 0.215. The van der Waals surface area contributed by atoms with Gasteiger partial charge in [0.15, 0.2) is 0 Å². The number of carbonyl (C=O) groups is 1. The van der Waals surface area contributed by atoms with Crippen LogP contribution in [0, 0.1) is 23.0 Å². The fraction of sp³-hybridized carbons (Fsp3) is 0.435. The lowest BCUT2D eigenvalue weighted by atomic mass is 10.1. The van der Waals surface area contributed by atoms with Crippen LogP contribution in [0.1, 0.15) is 22.3 Å². The lowest BCUT2D eigenvalue weighted by Crippen LogP contribution is -2.44. The number of carbonyl (C=O) groups excluding carboxylic acids is 1. The summed E-state index contributed by atoms with van der Waals surface area (Å²) in [6.45, 7) is 6.46. The van der Waals surface area contributed by atoms with Gasteiger partial charge in [-0.1, -0.05) is 12.1 Å². The number of nitrogens with one attached hydrogen (secondary N) is 3. The van der Waals surface area contributed by atoms with Crippen LogP contribution in [0.3, 0.4) is 0 Å². The lowest BCUT2D eigenvalue weighted by Gasteiger charge is -2.32. The number of para-hydroxylation sites is 1. The number of nitrogens with zero attached hydrogens (tertiary/aromatic N) is 2. The van der Waals surface area contributed by atoms with E-state index < -0.39 is 20.9 Å². The van der Waals surface area contributed by atoms with Crippen molar-refractivity contribution in [3.63, 3.8) is 0 Å². The molecule has 0 aromatic heterocycles. The molecule has 0 spiro atoms. The Morgan fingerprint density at radius 2 is 2.03 bits per heavy atom. The van der Waals surface area contributed by atoms with Crippen molar-refractivity contribution in [2.45, 2.75) is 18.2 Å². The van der Waals surface area contributed by atoms with E-state index in [0.29, 0.717) is 38.5 Å². The highest BCUT2D eigenvalue weighted by Gasteiger charge is 2.27. The Balaban J connectivity index is 1.56. The standard InChI is InChI=1S/C23H29N5O6S/c1-16-3-2-4-19(22(16)27-10-8-24-9-11-27)23(29)26-35(32,33)18-5-6-20(21(13-18)28(30)31)25-14-17-7-12-34-15-17/h2-6,13,17,24-25H,7-12,14-15H2,1H3,(H,26,29). The number of nitro groups is 1. The molecule has 0 aliphatic carbocycles. The van der Waals surface area contributed by atoms with Crippen LogP contribution in [0.25, 0.3) is 0 Å². The van der Waals surface area contributed by atoms with E-state index >= 15 is 0 Å². The minimum atomic E-state index is -4.35. The van der Waals surface area contributed by atoms with Gasteiger partial charge in [0, 0.05) is 51.3 Å². The summed E-state index contributed by atoms with van der Waals surface area (Å²) in [5.74, 6) is -0.551. The Labute approximate surface area is 204 Å². The summed E-state index contributed by atoms with van der Waals surface area (Å²) in [6, 6.07) is 8.72. The van der Waals surface area contributed by atoms with E-state index in [0.717, 1.165) is 31.1 Å². The van der Waals surface area contributed by atoms with Crippen molar-refractivity contribution < 1.29 is 22.9 Å². The van der Waals surface area contributed by atoms with Gasteiger partial charge in [-0.25, -0.2) is 13.1 Å². The molecule has 0 bridgehead atoms. The number of aryl methyl sites for hydroxylation is 1. The fourth-order valence-corrected chi connectivity index (χ4v) is 5.35. The van der Waals surface area contributed by atoms with Gasteiger partial charge in [-0.05, 0) is 37.1 Å². The van der Waals surface area contributed by atoms with Gasteiger partial charge >= 0.3 is 0 Å². The quantitative estimate of drug-likeness (QED) is 0.363. The van der Waals surface area contributed by atoms with Gasteiger partial charge in [-0.2, -0.15) is 0 Å². The maximum Gasteiger partial charge on any atom is 0.293 e. The third-order valence-corrected chi connectivity index (χ3v) is 7.55. The van der Waals surface area contributed by atoms with E-state index in [-0.39, 0.29) is 27.8 Å². The first-order chi connectivity index (χ1) is 16.8. The Morgan fingerprint density at radius 1 is 1.26 bits per heavy atom. The number of hydrogen-bond acceptors (Lipinski definition) is 9. The summed E-state index contributed by atoms with van der Waals surface area (Å²) in [6.07, 6.45) is 0.855. The van der Waals surface area contributed by atoms with Crippen molar-refractivity contribution >= 4 is 33.0 Å². The SMILES string of the molecule is Cc1cccc(C(=O)NS(=O)(=O)c2ccc(NCC3CCOC3)c([N+](=O)[O-])c2)c1N1CCNCC1. The highest BCUT2D eigenvalue weighted by atomic mass is 32.2. The third kappa shape index (κ3) is 5.72. The molecule has 2 aliphatic rings. The van der Waals surface area contributed by atoms with Gasteiger partial charge in [0.25, 0.3) is 21.6 Å². The number of piperazine rings is 1. The van der Waals surface area contributed by atoms with Crippen molar-refractivity contribution in [3.8, 4) is 0 Å². The van der Waals surface area contributed by atoms with Crippen LogP contribution in [0.5, 0.6) is 0 Å². The maximum atomic E-state index is 13.1. The lowest BCUT2D eigenvalue weighted by molar-refractivity contribution is -0.384. The second-order valence-corrected chi connectivity index (χ2v) is 10.4. The molecule has 3 N–H and O–H groups in total. The zero-order chi connectivity index (χ0) is 25.0. The van der Waals surface area contributed by atoms with Crippen LogP contribution >= 0.6 is 0 Å². The topological polar surface area (TPSA) is 143 Å². The second kappa shape index (κ2) is 10.6. The maximum absolute atomic E-state index is 13.1. The van der Waals surface area contributed by atoms with E-state index in [2.05, 4.69) is 15.4 Å². The molecule has 188 valence electrons.